The lowest BCUT2D eigenvalue weighted by molar-refractivity contribution is -0.136. The van der Waals surface area contributed by atoms with Crippen LogP contribution in [0.2, 0.25) is 5.02 Å². The summed E-state index contributed by atoms with van der Waals surface area (Å²) in [4.78, 5) is 30.2. The van der Waals surface area contributed by atoms with E-state index in [1.807, 2.05) is 24.0 Å². The molecule has 0 radical (unpaired) electrons. The number of hydrogen-bond donors (Lipinski definition) is 0. The highest BCUT2D eigenvalue weighted by Crippen LogP contribution is 2.36. The maximum Gasteiger partial charge on any atom is 0.292 e. The van der Waals surface area contributed by atoms with E-state index in [1.165, 1.54) is 6.42 Å². The molecule has 2 amide bonds. The van der Waals surface area contributed by atoms with E-state index < -0.39 is 5.41 Å². The average Bonchev–Trinajstić information content (AvgIpc) is 3.32. The van der Waals surface area contributed by atoms with Gasteiger partial charge in [-0.05, 0) is 56.7 Å². The van der Waals surface area contributed by atoms with Gasteiger partial charge in [-0.1, -0.05) is 29.7 Å². The molecule has 1 unspecified atom stereocenters. The number of carbonyl (C=O) groups excluding carboxylic acids is 2. The zero-order chi connectivity index (χ0) is 23.3. The van der Waals surface area contributed by atoms with E-state index in [2.05, 4.69) is 5.16 Å². The van der Waals surface area contributed by atoms with Crippen LogP contribution in [0.1, 0.15) is 61.7 Å². The highest BCUT2D eigenvalue weighted by atomic mass is 35.5. The minimum absolute atomic E-state index is 0.145. The van der Waals surface area contributed by atoms with Crippen LogP contribution in [0, 0.1) is 5.41 Å². The minimum Gasteiger partial charge on any atom is -0.493 e. The molecule has 1 aromatic carbocycles. The Hall–Kier alpha value is -2.54. The van der Waals surface area contributed by atoms with Gasteiger partial charge in [0.15, 0.2) is 0 Å². The summed E-state index contributed by atoms with van der Waals surface area (Å²) in [6.45, 7) is 4.99. The van der Waals surface area contributed by atoms with Crippen molar-refractivity contribution in [1.29, 1.82) is 0 Å². The summed E-state index contributed by atoms with van der Waals surface area (Å²) in [6.07, 6.45) is 5.94. The van der Waals surface area contributed by atoms with Gasteiger partial charge in [0.1, 0.15) is 5.75 Å². The zero-order valence-corrected chi connectivity index (χ0v) is 20.0. The number of carbonyl (C=O) groups is 2. The first-order chi connectivity index (χ1) is 16.0. The third kappa shape index (κ3) is 5.88. The second-order valence-corrected chi connectivity index (χ2v) is 9.67. The molecule has 0 spiro atoms. The molecule has 0 N–H and O–H groups in total. The Morgan fingerprint density at radius 1 is 1.12 bits per heavy atom. The topological polar surface area (TPSA) is 75.9 Å². The minimum atomic E-state index is -0.474. The number of rotatable bonds is 7. The summed E-state index contributed by atoms with van der Waals surface area (Å²) in [5.41, 5.74) is 0.282. The number of aromatic nitrogens is 1. The maximum atomic E-state index is 13.2. The highest BCUT2D eigenvalue weighted by Gasteiger charge is 2.41. The summed E-state index contributed by atoms with van der Waals surface area (Å²) in [7, 11) is 0. The normalized spacial score (nSPS) is 21.2. The molecule has 2 saturated heterocycles. The zero-order valence-electron chi connectivity index (χ0n) is 19.2. The molecule has 2 aliphatic rings. The van der Waals surface area contributed by atoms with Crippen LogP contribution >= 0.6 is 11.6 Å². The Morgan fingerprint density at radius 2 is 1.91 bits per heavy atom. The number of benzene rings is 1. The molecular formula is C25H32ClN3O4. The molecule has 4 rings (SSSR count). The van der Waals surface area contributed by atoms with Gasteiger partial charge in [0, 0.05) is 49.1 Å². The molecular weight excluding hydrogens is 442 g/mol. The molecule has 0 saturated carbocycles. The predicted octanol–water partition coefficient (Wildman–Crippen LogP) is 4.59. The van der Waals surface area contributed by atoms with Gasteiger partial charge in [-0.2, -0.15) is 0 Å². The summed E-state index contributed by atoms with van der Waals surface area (Å²) < 4.78 is 11.4. The van der Waals surface area contributed by atoms with Crippen molar-refractivity contribution in [1.82, 2.24) is 15.0 Å². The van der Waals surface area contributed by atoms with Crippen LogP contribution < -0.4 is 4.74 Å². The first kappa shape index (κ1) is 23.6. The monoisotopic (exact) mass is 473 g/mol. The fourth-order valence-electron chi connectivity index (χ4n) is 4.80. The van der Waals surface area contributed by atoms with Gasteiger partial charge in [-0.25, -0.2) is 0 Å². The number of piperidine rings is 2. The maximum absolute atomic E-state index is 13.2. The molecule has 33 heavy (non-hydrogen) atoms. The van der Waals surface area contributed by atoms with Crippen molar-refractivity contribution in [3.05, 3.63) is 46.8 Å². The van der Waals surface area contributed by atoms with Crippen LogP contribution in [0.15, 0.2) is 34.9 Å². The van der Waals surface area contributed by atoms with Gasteiger partial charge < -0.3 is 19.1 Å². The molecule has 178 valence electrons. The van der Waals surface area contributed by atoms with E-state index in [0.717, 1.165) is 44.5 Å². The second kappa shape index (κ2) is 10.6. The fourth-order valence-corrected chi connectivity index (χ4v) is 4.98. The molecule has 2 aromatic rings. The number of likely N-dealkylation sites (tertiary alicyclic amines) is 2. The van der Waals surface area contributed by atoms with Gasteiger partial charge in [0.2, 0.25) is 11.7 Å². The second-order valence-electron chi connectivity index (χ2n) is 9.23. The van der Waals surface area contributed by atoms with Crippen LogP contribution in [-0.4, -0.2) is 59.6 Å². The van der Waals surface area contributed by atoms with Crippen molar-refractivity contribution < 1.29 is 18.8 Å². The third-order valence-corrected chi connectivity index (χ3v) is 6.89. The van der Waals surface area contributed by atoms with Crippen LogP contribution in [0.4, 0.5) is 0 Å². The average molecular weight is 474 g/mol. The standard InChI is InChI=1S/C25H32ClN3O4/c1-2-20-15-22(33-27-20)24(31)29-13-7-10-25(17-29,16-23(30)28-11-4-3-5-12-28)18-32-21-9-6-8-19(26)14-21/h6,8-9,14-15H,2-5,7,10-13,16-18H2,1H3. The Morgan fingerprint density at radius 3 is 2.64 bits per heavy atom. The van der Waals surface area contributed by atoms with Crippen LogP contribution in [0.25, 0.3) is 0 Å². The molecule has 7 nitrogen and oxygen atoms in total. The summed E-state index contributed by atoms with van der Waals surface area (Å²) in [5, 5.41) is 4.56. The van der Waals surface area contributed by atoms with Crippen molar-refractivity contribution in [2.24, 2.45) is 5.41 Å². The molecule has 0 aliphatic carbocycles. The Bertz CT molecular complexity index is 972. The molecule has 1 atom stereocenters. The largest absolute Gasteiger partial charge is 0.493 e. The molecule has 8 heteroatoms. The molecule has 2 aliphatic heterocycles. The molecule has 1 aromatic heterocycles. The number of amides is 2. The molecule has 3 heterocycles. The van der Waals surface area contributed by atoms with E-state index >= 15 is 0 Å². The summed E-state index contributed by atoms with van der Waals surface area (Å²) >= 11 is 6.12. The fraction of sp³-hybridized carbons (Fsp3) is 0.560. The number of hydrogen-bond acceptors (Lipinski definition) is 5. The van der Waals surface area contributed by atoms with Gasteiger partial charge in [0.05, 0.1) is 12.3 Å². The van der Waals surface area contributed by atoms with E-state index in [4.69, 9.17) is 20.9 Å². The lowest BCUT2D eigenvalue weighted by Crippen LogP contribution is -2.51. The van der Waals surface area contributed by atoms with Crippen LogP contribution in [-0.2, 0) is 11.2 Å². The lowest BCUT2D eigenvalue weighted by atomic mass is 9.77. The van der Waals surface area contributed by atoms with Crippen molar-refractivity contribution in [3.8, 4) is 5.75 Å². The van der Waals surface area contributed by atoms with E-state index in [-0.39, 0.29) is 17.6 Å². The van der Waals surface area contributed by atoms with Gasteiger partial charge >= 0.3 is 0 Å². The van der Waals surface area contributed by atoms with Gasteiger partial charge in [-0.15, -0.1) is 0 Å². The van der Waals surface area contributed by atoms with Crippen LogP contribution in [0.3, 0.4) is 0 Å². The highest BCUT2D eigenvalue weighted by molar-refractivity contribution is 6.30. The summed E-state index contributed by atoms with van der Waals surface area (Å²) in [5.74, 6) is 0.880. The van der Waals surface area contributed by atoms with E-state index in [9.17, 15) is 9.59 Å². The SMILES string of the molecule is CCc1cc(C(=O)N2CCCC(COc3cccc(Cl)c3)(CC(=O)N3CCCCC3)C2)on1. The third-order valence-electron chi connectivity index (χ3n) is 6.66. The van der Waals surface area contributed by atoms with Crippen molar-refractivity contribution in [2.75, 3.05) is 32.8 Å². The summed E-state index contributed by atoms with van der Waals surface area (Å²) in [6, 6.07) is 8.98. The Kier molecular flexibility index (Phi) is 7.58. The smallest absolute Gasteiger partial charge is 0.292 e. The number of ether oxygens (including phenoxy) is 1. The van der Waals surface area contributed by atoms with E-state index in [1.54, 1.807) is 23.1 Å². The van der Waals surface area contributed by atoms with Crippen molar-refractivity contribution in [2.45, 2.75) is 51.9 Å². The lowest BCUT2D eigenvalue weighted by Gasteiger charge is -2.43. The number of halogens is 1. The van der Waals surface area contributed by atoms with Gasteiger partial charge in [0.25, 0.3) is 5.91 Å². The van der Waals surface area contributed by atoms with Crippen molar-refractivity contribution in [3.63, 3.8) is 0 Å². The first-order valence-electron chi connectivity index (χ1n) is 11.9. The Balaban J connectivity index is 1.52. The number of nitrogens with zero attached hydrogens (tertiary/aromatic N) is 3. The molecule has 0 bridgehead atoms. The van der Waals surface area contributed by atoms with E-state index in [0.29, 0.717) is 43.3 Å². The quantitative estimate of drug-likeness (QED) is 0.587. The first-order valence-corrected chi connectivity index (χ1v) is 12.3. The number of aryl methyl sites for hydroxylation is 1. The molecule has 2 fully saturated rings. The Labute approximate surface area is 200 Å². The van der Waals surface area contributed by atoms with Crippen molar-refractivity contribution >= 4 is 23.4 Å². The van der Waals surface area contributed by atoms with Gasteiger partial charge in [-0.3, -0.25) is 9.59 Å². The predicted molar refractivity (Wildman–Crippen MR) is 125 cm³/mol. The van der Waals surface area contributed by atoms with Crippen LogP contribution in [0.5, 0.6) is 5.75 Å².